The third kappa shape index (κ3) is 4.09. The minimum Gasteiger partial charge on any atom is -0.443 e. The minimum absolute atomic E-state index is 0.334. The molecule has 0 aliphatic carbocycles. The molecule has 0 spiro atoms. The van der Waals surface area contributed by atoms with Gasteiger partial charge >= 0.3 is 0 Å². The van der Waals surface area contributed by atoms with E-state index in [0.29, 0.717) is 18.5 Å². The summed E-state index contributed by atoms with van der Waals surface area (Å²) in [6.07, 6.45) is 1.81. The van der Waals surface area contributed by atoms with Crippen LogP contribution in [0.3, 0.4) is 0 Å². The molecular formula is C12H22N4O. The number of guanidine groups is 1. The molecule has 0 aliphatic rings. The van der Waals surface area contributed by atoms with Gasteiger partial charge in [0.25, 0.3) is 0 Å². The van der Waals surface area contributed by atoms with Crippen LogP contribution in [0.15, 0.2) is 9.41 Å². The van der Waals surface area contributed by atoms with E-state index in [1.165, 1.54) is 0 Å². The summed E-state index contributed by atoms with van der Waals surface area (Å²) in [5, 5.41) is 3.11. The summed E-state index contributed by atoms with van der Waals surface area (Å²) < 4.78 is 5.54. The van der Waals surface area contributed by atoms with Gasteiger partial charge in [-0.05, 0) is 20.3 Å². The second-order valence-corrected chi connectivity index (χ2v) is 4.12. The maximum Gasteiger partial charge on any atom is 0.194 e. The van der Waals surface area contributed by atoms with Crippen LogP contribution in [-0.2, 0) is 13.0 Å². The van der Waals surface area contributed by atoms with Gasteiger partial charge in [0.2, 0.25) is 0 Å². The molecule has 1 heterocycles. The largest absolute Gasteiger partial charge is 0.443 e. The van der Waals surface area contributed by atoms with E-state index in [-0.39, 0.29) is 0 Å². The lowest BCUT2D eigenvalue weighted by molar-refractivity contribution is 0.460. The summed E-state index contributed by atoms with van der Waals surface area (Å²) in [5.41, 5.74) is 6.65. The second kappa shape index (κ2) is 6.27. The number of aliphatic imine (C=N–C) groups is 1. The molecule has 5 heteroatoms. The summed E-state index contributed by atoms with van der Waals surface area (Å²) in [6, 6.07) is 0.334. The second-order valence-electron chi connectivity index (χ2n) is 4.12. The van der Waals surface area contributed by atoms with Gasteiger partial charge in [-0.2, -0.15) is 0 Å². The average molecular weight is 238 g/mol. The number of aryl methyl sites for hydroxylation is 2. The summed E-state index contributed by atoms with van der Waals surface area (Å²) in [4.78, 5) is 8.53. The Labute approximate surface area is 103 Å². The van der Waals surface area contributed by atoms with Crippen molar-refractivity contribution >= 4 is 5.96 Å². The summed E-state index contributed by atoms with van der Waals surface area (Å²) in [7, 11) is 0. The molecule has 0 aromatic carbocycles. The molecular weight excluding hydrogens is 216 g/mol. The topological polar surface area (TPSA) is 76.4 Å². The highest BCUT2D eigenvalue weighted by atomic mass is 16.4. The first kappa shape index (κ1) is 13.5. The smallest absolute Gasteiger partial charge is 0.194 e. The van der Waals surface area contributed by atoms with Gasteiger partial charge in [0.05, 0.1) is 5.69 Å². The Bertz CT molecular complexity index is 384. The van der Waals surface area contributed by atoms with Gasteiger partial charge in [0, 0.05) is 12.5 Å². The molecule has 1 atom stereocenters. The molecule has 0 amide bonds. The van der Waals surface area contributed by atoms with Crippen LogP contribution in [-0.4, -0.2) is 17.0 Å². The zero-order valence-corrected chi connectivity index (χ0v) is 11.1. The number of hydrogen-bond acceptors (Lipinski definition) is 3. The van der Waals surface area contributed by atoms with Gasteiger partial charge in [-0.15, -0.1) is 0 Å². The minimum atomic E-state index is 0.334. The molecule has 0 saturated carbocycles. The van der Waals surface area contributed by atoms with E-state index >= 15 is 0 Å². The fourth-order valence-electron chi connectivity index (χ4n) is 1.34. The van der Waals surface area contributed by atoms with Crippen molar-refractivity contribution in [2.24, 2.45) is 10.7 Å². The van der Waals surface area contributed by atoms with Crippen LogP contribution in [0.1, 0.15) is 44.5 Å². The van der Waals surface area contributed by atoms with Gasteiger partial charge in [0.15, 0.2) is 11.9 Å². The number of oxazole rings is 1. The van der Waals surface area contributed by atoms with Crippen LogP contribution in [0.25, 0.3) is 0 Å². The van der Waals surface area contributed by atoms with Gasteiger partial charge in [-0.1, -0.05) is 13.8 Å². The van der Waals surface area contributed by atoms with Crippen LogP contribution in [0, 0.1) is 6.92 Å². The third-order valence-corrected chi connectivity index (χ3v) is 2.64. The van der Waals surface area contributed by atoms with Crippen molar-refractivity contribution in [2.45, 2.75) is 53.1 Å². The van der Waals surface area contributed by atoms with Gasteiger partial charge < -0.3 is 15.5 Å². The predicted molar refractivity (Wildman–Crippen MR) is 68.8 cm³/mol. The molecule has 0 fully saturated rings. The first-order chi connectivity index (χ1) is 8.06. The summed E-state index contributed by atoms with van der Waals surface area (Å²) >= 11 is 0. The zero-order chi connectivity index (χ0) is 12.8. The highest BCUT2D eigenvalue weighted by Crippen LogP contribution is 2.11. The van der Waals surface area contributed by atoms with E-state index < -0.39 is 0 Å². The SMILES string of the molecule is CCc1nc(C)c(CN=C(N)NC(C)CC)o1. The van der Waals surface area contributed by atoms with E-state index in [0.717, 1.165) is 30.2 Å². The molecule has 5 nitrogen and oxygen atoms in total. The maximum absolute atomic E-state index is 5.76. The molecule has 0 radical (unpaired) electrons. The van der Waals surface area contributed by atoms with E-state index in [1.807, 2.05) is 13.8 Å². The first-order valence-electron chi connectivity index (χ1n) is 6.08. The highest BCUT2D eigenvalue weighted by molar-refractivity contribution is 5.78. The quantitative estimate of drug-likeness (QED) is 0.605. The lowest BCUT2D eigenvalue weighted by Crippen LogP contribution is -2.38. The van der Waals surface area contributed by atoms with E-state index in [9.17, 15) is 0 Å². The van der Waals surface area contributed by atoms with Crippen molar-refractivity contribution in [3.05, 3.63) is 17.3 Å². The van der Waals surface area contributed by atoms with Crippen LogP contribution >= 0.6 is 0 Å². The van der Waals surface area contributed by atoms with Crippen LogP contribution < -0.4 is 11.1 Å². The van der Waals surface area contributed by atoms with Crippen molar-refractivity contribution in [3.8, 4) is 0 Å². The molecule has 0 bridgehead atoms. The van der Waals surface area contributed by atoms with Crippen molar-refractivity contribution in [1.82, 2.24) is 10.3 Å². The highest BCUT2D eigenvalue weighted by Gasteiger charge is 2.07. The zero-order valence-electron chi connectivity index (χ0n) is 11.1. The Morgan fingerprint density at radius 3 is 2.76 bits per heavy atom. The normalized spacial score (nSPS) is 13.8. The lowest BCUT2D eigenvalue weighted by atomic mass is 10.3. The fourth-order valence-corrected chi connectivity index (χ4v) is 1.34. The van der Waals surface area contributed by atoms with Crippen molar-refractivity contribution < 1.29 is 4.42 Å². The Hall–Kier alpha value is -1.52. The van der Waals surface area contributed by atoms with Crippen molar-refractivity contribution in [2.75, 3.05) is 0 Å². The number of nitrogens with zero attached hydrogens (tertiary/aromatic N) is 2. The Balaban J connectivity index is 2.59. The van der Waals surface area contributed by atoms with E-state index in [1.54, 1.807) is 0 Å². The van der Waals surface area contributed by atoms with Crippen molar-refractivity contribution in [3.63, 3.8) is 0 Å². The van der Waals surface area contributed by atoms with Crippen LogP contribution in [0.5, 0.6) is 0 Å². The van der Waals surface area contributed by atoms with Crippen molar-refractivity contribution in [1.29, 1.82) is 0 Å². The third-order valence-electron chi connectivity index (χ3n) is 2.64. The van der Waals surface area contributed by atoms with Gasteiger partial charge in [-0.3, -0.25) is 0 Å². The maximum atomic E-state index is 5.76. The van der Waals surface area contributed by atoms with Crippen LogP contribution in [0.4, 0.5) is 0 Å². The molecule has 1 rings (SSSR count). The summed E-state index contributed by atoms with van der Waals surface area (Å²) in [5.74, 6) is 1.99. The number of nitrogens with one attached hydrogen (secondary N) is 1. The first-order valence-corrected chi connectivity index (χ1v) is 6.08. The Morgan fingerprint density at radius 2 is 2.24 bits per heavy atom. The standard InChI is InChI=1S/C12H22N4O/c1-5-8(3)15-12(13)14-7-10-9(4)16-11(6-2)17-10/h8H,5-7H2,1-4H3,(H3,13,14,15). The molecule has 1 aromatic heterocycles. The van der Waals surface area contributed by atoms with Gasteiger partial charge in [0.1, 0.15) is 12.3 Å². The summed E-state index contributed by atoms with van der Waals surface area (Å²) in [6.45, 7) is 8.54. The molecule has 0 aliphatic heterocycles. The average Bonchev–Trinajstić information content (AvgIpc) is 2.67. The monoisotopic (exact) mass is 238 g/mol. The van der Waals surface area contributed by atoms with E-state index in [2.05, 4.69) is 29.1 Å². The Kier molecular flexibility index (Phi) is 5.00. The molecule has 3 N–H and O–H groups in total. The molecule has 96 valence electrons. The molecule has 0 saturated heterocycles. The number of aromatic nitrogens is 1. The predicted octanol–water partition coefficient (Wildman–Crippen LogP) is 1.75. The molecule has 17 heavy (non-hydrogen) atoms. The Morgan fingerprint density at radius 1 is 1.53 bits per heavy atom. The van der Waals surface area contributed by atoms with Gasteiger partial charge in [-0.25, -0.2) is 9.98 Å². The number of nitrogens with two attached hydrogens (primary N) is 1. The molecule has 1 aromatic rings. The van der Waals surface area contributed by atoms with Crippen LogP contribution in [0.2, 0.25) is 0 Å². The van der Waals surface area contributed by atoms with E-state index in [4.69, 9.17) is 10.2 Å². The lowest BCUT2D eigenvalue weighted by Gasteiger charge is -2.11. The number of hydrogen-bond donors (Lipinski definition) is 2. The number of rotatable bonds is 5. The fraction of sp³-hybridized carbons (Fsp3) is 0.667. The molecule has 1 unspecified atom stereocenters.